The fourth-order valence-electron chi connectivity index (χ4n) is 2.94. The van der Waals surface area contributed by atoms with E-state index in [0.717, 1.165) is 6.92 Å². The van der Waals surface area contributed by atoms with Gasteiger partial charge in [-0.05, 0) is 38.5 Å². The Balaban J connectivity index is 1.57. The van der Waals surface area contributed by atoms with Crippen molar-refractivity contribution in [3.05, 3.63) is 47.7 Å². The zero-order valence-electron chi connectivity index (χ0n) is 17.6. The molecule has 2 amide bonds. The minimum absolute atomic E-state index is 0.0625. The van der Waals surface area contributed by atoms with Gasteiger partial charge in [0.05, 0.1) is 24.6 Å². The number of halogens is 2. The monoisotopic (exact) mass is 433 g/mol. The van der Waals surface area contributed by atoms with E-state index in [1.807, 2.05) is 13.8 Å². The molecular formula is C20H25F2N7O2. The molecule has 31 heavy (non-hydrogen) atoms. The highest BCUT2D eigenvalue weighted by atomic mass is 19.3. The number of alkyl halides is 2. The Morgan fingerprint density at radius 3 is 2.68 bits per heavy atom. The summed E-state index contributed by atoms with van der Waals surface area (Å²) in [6.07, 6.45) is 4.09. The molecule has 0 aliphatic heterocycles. The fraction of sp³-hybridized carbons (Fsp3) is 0.450. The van der Waals surface area contributed by atoms with E-state index in [1.54, 1.807) is 39.9 Å². The molecule has 0 saturated heterocycles. The molecule has 3 aromatic heterocycles. The van der Waals surface area contributed by atoms with Crippen molar-refractivity contribution in [3.8, 4) is 0 Å². The number of imidazole rings is 1. The summed E-state index contributed by atoms with van der Waals surface area (Å²) in [6, 6.07) is 3.46. The van der Waals surface area contributed by atoms with E-state index < -0.39 is 18.3 Å². The molecule has 166 valence electrons. The summed E-state index contributed by atoms with van der Waals surface area (Å²) in [5.74, 6) is -3.57. The van der Waals surface area contributed by atoms with Crippen LogP contribution in [0.3, 0.4) is 0 Å². The average Bonchev–Trinajstić information content (AvgIpc) is 3.34. The molecule has 0 aliphatic rings. The lowest BCUT2D eigenvalue weighted by molar-refractivity contribution is -0.123. The molecule has 0 aliphatic carbocycles. The number of fused-ring (bicyclic) bond motifs is 1. The summed E-state index contributed by atoms with van der Waals surface area (Å²) >= 11 is 0. The smallest absolute Gasteiger partial charge is 0.269 e. The first-order chi connectivity index (χ1) is 14.6. The van der Waals surface area contributed by atoms with Gasteiger partial charge in [-0.3, -0.25) is 14.3 Å². The largest absolute Gasteiger partial charge is 0.352 e. The van der Waals surface area contributed by atoms with Crippen molar-refractivity contribution in [1.82, 2.24) is 35.0 Å². The average molecular weight is 433 g/mol. The third-order valence-corrected chi connectivity index (χ3v) is 4.53. The van der Waals surface area contributed by atoms with Gasteiger partial charge in [-0.2, -0.15) is 10.2 Å². The van der Waals surface area contributed by atoms with Crippen LogP contribution < -0.4 is 10.6 Å². The maximum absolute atomic E-state index is 12.8. The molecule has 3 aromatic rings. The van der Waals surface area contributed by atoms with E-state index >= 15 is 0 Å². The first-order valence-electron chi connectivity index (χ1n) is 9.92. The van der Waals surface area contributed by atoms with E-state index in [1.165, 1.54) is 0 Å². The van der Waals surface area contributed by atoms with Crippen LogP contribution in [0.25, 0.3) is 5.65 Å². The van der Waals surface area contributed by atoms with Crippen molar-refractivity contribution in [1.29, 1.82) is 0 Å². The summed E-state index contributed by atoms with van der Waals surface area (Å²) < 4.78 is 28.9. The number of carbonyl (C=O) groups excluding carboxylic acids is 2. The molecule has 0 atom stereocenters. The Labute approximate surface area is 177 Å². The van der Waals surface area contributed by atoms with E-state index in [0.29, 0.717) is 22.6 Å². The number of amides is 2. The quantitative estimate of drug-likeness (QED) is 0.539. The lowest BCUT2D eigenvalue weighted by Crippen LogP contribution is -2.26. The molecular weight excluding hydrogens is 408 g/mol. The van der Waals surface area contributed by atoms with E-state index in [2.05, 4.69) is 25.8 Å². The van der Waals surface area contributed by atoms with E-state index in [-0.39, 0.29) is 31.5 Å². The zero-order valence-corrected chi connectivity index (χ0v) is 17.6. The maximum atomic E-state index is 12.8. The maximum Gasteiger partial charge on any atom is 0.269 e. The summed E-state index contributed by atoms with van der Waals surface area (Å²) in [6.45, 7) is 5.04. The van der Waals surface area contributed by atoms with Gasteiger partial charge in [-0.25, -0.2) is 18.3 Å². The number of nitrogens with zero attached hydrogens (tertiary/aromatic N) is 5. The Morgan fingerprint density at radius 2 is 1.97 bits per heavy atom. The van der Waals surface area contributed by atoms with Gasteiger partial charge in [0.1, 0.15) is 5.69 Å². The van der Waals surface area contributed by atoms with Crippen molar-refractivity contribution in [3.63, 3.8) is 0 Å². The molecule has 11 heteroatoms. The Kier molecular flexibility index (Phi) is 6.62. The molecule has 0 aromatic carbocycles. The highest BCUT2D eigenvalue weighted by Gasteiger charge is 2.22. The molecule has 0 spiro atoms. The first kappa shape index (κ1) is 22.3. The number of hydrogen-bond acceptors (Lipinski definition) is 5. The highest BCUT2D eigenvalue weighted by Crippen LogP contribution is 2.18. The standard InChI is InChI=1S/C20H25F2N7O2/c1-13(2)29-16(5-7-25-29)19(31)24-11-15-12-28-17(27-15)8-14(10-26-28)9-23-18(30)4-6-20(3,21)22/h5,7-8,10,12-13H,4,6,9,11H2,1-3H3,(H,23,30)(H,24,31). The minimum Gasteiger partial charge on any atom is -0.352 e. The number of hydrogen-bond donors (Lipinski definition) is 2. The molecule has 9 nitrogen and oxygen atoms in total. The summed E-state index contributed by atoms with van der Waals surface area (Å²) in [7, 11) is 0. The third-order valence-electron chi connectivity index (χ3n) is 4.53. The van der Waals surface area contributed by atoms with Crippen LogP contribution in [0, 0.1) is 0 Å². The van der Waals surface area contributed by atoms with Crippen LogP contribution in [0.15, 0.2) is 30.7 Å². The van der Waals surface area contributed by atoms with Crippen molar-refractivity contribution >= 4 is 17.5 Å². The molecule has 0 bridgehead atoms. The van der Waals surface area contributed by atoms with Gasteiger partial charge < -0.3 is 10.6 Å². The Morgan fingerprint density at radius 1 is 1.19 bits per heavy atom. The molecule has 3 heterocycles. The first-order valence-corrected chi connectivity index (χ1v) is 9.92. The van der Waals surface area contributed by atoms with Gasteiger partial charge in [0.2, 0.25) is 11.8 Å². The topological polar surface area (TPSA) is 106 Å². The van der Waals surface area contributed by atoms with Crippen LogP contribution in [-0.2, 0) is 17.9 Å². The van der Waals surface area contributed by atoms with E-state index in [9.17, 15) is 18.4 Å². The second-order valence-corrected chi connectivity index (χ2v) is 7.68. The SMILES string of the molecule is CC(C)n1nccc1C(=O)NCc1cn2ncc(CNC(=O)CCC(C)(F)F)cc2n1. The van der Waals surface area contributed by atoms with Crippen LogP contribution in [0.2, 0.25) is 0 Å². The van der Waals surface area contributed by atoms with Crippen molar-refractivity contribution in [2.24, 2.45) is 0 Å². The third kappa shape index (κ3) is 6.06. The van der Waals surface area contributed by atoms with Crippen LogP contribution in [-0.4, -0.2) is 42.1 Å². The minimum atomic E-state index is -2.87. The summed E-state index contributed by atoms with van der Waals surface area (Å²) in [4.78, 5) is 28.6. The zero-order chi connectivity index (χ0) is 22.6. The van der Waals surface area contributed by atoms with Crippen molar-refractivity contribution in [2.75, 3.05) is 0 Å². The normalized spacial score (nSPS) is 11.8. The number of aromatic nitrogens is 5. The number of rotatable bonds is 9. The molecule has 0 unspecified atom stereocenters. The second kappa shape index (κ2) is 9.19. The van der Waals surface area contributed by atoms with Gasteiger partial charge in [0.25, 0.3) is 5.91 Å². The van der Waals surface area contributed by atoms with Crippen LogP contribution in [0.4, 0.5) is 8.78 Å². The molecule has 0 radical (unpaired) electrons. The molecule has 0 fully saturated rings. The van der Waals surface area contributed by atoms with Crippen LogP contribution in [0.1, 0.15) is 61.4 Å². The molecule has 3 rings (SSSR count). The highest BCUT2D eigenvalue weighted by molar-refractivity contribution is 5.92. The summed E-state index contributed by atoms with van der Waals surface area (Å²) in [5.41, 5.74) is 2.31. The Hall–Kier alpha value is -3.37. The van der Waals surface area contributed by atoms with Gasteiger partial charge in [-0.15, -0.1) is 0 Å². The van der Waals surface area contributed by atoms with Gasteiger partial charge in [0.15, 0.2) is 5.65 Å². The Bertz CT molecular complexity index is 1070. The predicted molar refractivity (Wildman–Crippen MR) is 108 cm³/mol. The van der Waals surface area contributed by atoms with Gasteiger partial charge in [0, 0.05) is 31.6 Å². The summed E-state index contributed by atoms with van der Waals surface area (Å²) in [5, 5.41) is 13.8. The van der Waals surface area contributed by atoms with Crippen molar-refractivity contribution in [2.45, 2.75) is 58.7 Å². The fourth-order valence-corrected chi connectivity index (χ4v) is 2.94. The van der Waals surface area contributed by atoms with Crippen molar-refractivity contribution < 1.29 is 18.4 Å². The van der Waals surface area contributed by atoms with Crippen LogP contribution in [0.5, 0.6) is 0 Å². The number of carbonyl (C=O) groups is 2. The lowest BCUT2D eigenvalue weighted by atomic mass is 10.2. The number of nitrogens with one attached hydrogen (secondary N) is 2. The van der Waals surface area contributed by atoms with Crippen LogP contribution >= 0.6 is 0 Å². The molecule has 2 N–H and O–H groups in total. The lowest BCUT2D eigenvalue weighted by Gasteiger charge is -2.10. The second-order valence-electron chi connectivity index (χ2n) is 7.68. The van der Waals surface area contributed by atoms with E-state index in [4.69, 9.17) is 0 Å². The van der Waals surface area contributed by atoms with Gasteiger partial charge >= 0.3 is 0 Å². The predicted octanol–water partition coefficient (Wildman–Crippen LogP) is 2.49. The molecule has 0 saturated carbocycles. The van der Waals surface area contributed by atoms with Gasteiger partial charge in [-0.1, -0.05) is 0 Å².